The predicted molar refractivity (Wildman–Crippen MR) is 86.9 cm³/mol. The number of halogens is 1. The summed E-state index contributed by atoms with van der Waals surface area (Å²) in [7, 11) is 0. The minimum Gasteiger partial charge on any atom is -0.465 e. The van der Waals surface area contributed by atoms with Gasteiger partial charge in [0, 0.05) is 5.56 Å². The molecule has 0 saturated heterocycles. The number of nitrogens with zero attached hydrogens (tertiary/aromatic N) is 1. The molecule has 0 amide bonds. The van der Waals surface area contributed by atoms with E-state index >= 15 is 0 Å². The number of rotatable bonds is 5. The van der Waals surface area contributed by atoms with E-state index in [0.717, 1.165) is 4.57 Å². The second-order valence-electron chi connectivity index (χ2n) is 5.25. The maximum atomic E-state index is 13.8. The summed E-state index contributed by atoms with van der Waals surface area (Å²) in [6.45, 7) is 1.57. The van der Waals surface area contributed by atoms with Gasteiger partial charge < -0.3 is 9.15 Å². The average molecular weight is 343 g/mol. The summed E-state index contributed by atoms with van der Waals surface area (Å²) in [6, 6.07) is 9.91. The molecule has 0 N–H and O–H groups in total. The number of hydrogen-bond acceptors (Lipinski definition) is 5. The number of esters is 1. The van der Waals surface area contributed by atoms with Crippen molar-refractivity contribution < 1.29 is 23.1 Å². The van der Waals surface area contributed by atoms with Gasteiger partial charge in [0.25, 0.3) is 0 Å². The van der Waals surface area contributed by atoms with Crippen molar-refractivity contribution in [3.8, 4) is 0 Å². The van der Waals surface area contributed by atoms with Gasteiger partial charge in [-0.15, -0.1) is 0 Å². The average Bonchev–Trinajstić information content (AvgIpc) is 2.90. The van der Waals surface area contributed by atoms with E-state index < -0.39 is 23.3 Å². The zero-order valence-corrected chi connectivity index (χ0v) is 13.3. The fourth-order valence-corrected chi connectivity index (χ4v) is 2.49. The van der Waals surface area contributed by atoms with Gasteiger partial charge in [-0.3, -0.25) is 14.2 Å². The Kier molecular flexibility index (Phi) is 4.47. The Morgan fingerprint density at radius 2 is 1.96 bits per heavy atom. The molecule has 0 bridgehead atoms. The molecule has 25 heavy (non-hydrogen) atoms. The Balaban J connectivity index is 1.99. The van der Waals surface area contributed by atoms with Gasteiger partial charge in [0.05, 0.1) is 17.7 Å². The normalized spacial score (nSPS) is 10.8. The first-order valence-corrected chi connectivity index (χ1v) is 7.59. The third-order valence-corrected chi connectivity index (χ3v) is 3.64. The molecule has 3 aromatic rings. The lowest BCUT2D eigenvalue weighted by Crippen LogP contribution is -2.21. The number of carbonyl (C=O) groups excluding carboxylic acids is 2. The lowest BCUT2D eigenvalue weighted by atomic mass is 10.0. The van der Waals surface area contributed by atoms with Gasteiger partial charge in [0.1, 0.15) is 12.4 Å². The van der Waals surface area contributed by atoms with Crippen LogP contribution in [-0.4, -0.2) is 22.9 Å². The highest BCUT2D eigenvalue weighted by Crippen LogP contribution is 2.19. The van der Waals surface area contributed by atoms with Crippen molar-refractivity contribution in [1.29, 1.82) is 0 Å². The molecular formula is C18H14FNO5. The van der Waals surface area contributed by atoms with E-state index in [9.17, 15) is 18.8 Å². The van der Waals surface area contributed by atoms with Crippen molar-refractivity contribution in [3.63, 3.8) is 0 Å². The van der Waals surface area contributed by atoms with Crippen LogP contribution in [0.25, 0.3) is 11.1 Å². The first-order chi connectivity index (χ1) is 12.0. The Bertz CT molecular complexity index is 1020. The molecule has 6 nitrogen and oxygen atoms in total. The summed E-state index contributed by atoms with van der Waals surface area (Å²) >= 11 is 0. The molecule has 0 spiro atoms. The molecule has 1 heterocycles. The highest BCUT2D eigenvalue weighted by molar-refractivity contribution is 6.10. The molecule has 128 valence electrons. The quantitative estimate of drug-likeness (QED) is 0.525. The summed E-state index contributed by atoms with van der Waals surface area (Å²) < 4.78 is 24.8. The van der Waals surface area contributed by atoms with E-state index in [1.807, 2.05) is 0 Å². The molecule has 0 unspecified atom stereocenters. The number of aromatic nitrogens is 1. The summed E-state index contributed by atoms with van der Waals surface area (Å²) in [5.41, 5.74) is 0.587. The first-order valence-electron chi connectivity index (χ1n) is 7.59. The first kappa shape index (κ1) is 16.6. The fourth-order valence-electron chi connectivity index (χ4n) is 2.49. The van der Waals surface area contributed by atoms with Crippen LogP contribution in [0.15, 0.2) is 51.7 Å². The van der Waals surface area contributed by atoms with Crippen LogP contribution in [-0.2, 0) is 16.1 Å². The highest BCUT2D eigenvalue weighted by Gasteiger charge is 2.18. The molecular weight excluding hydrogens is 329 g/mol. The largest absolute Gasteiger partial charge is 0.465 e. The van der Waals surface area contributed by atoms with E-state index in [2.05, 4.69) is 0 Å². The Morgan fingerprint density at radius 3 is 2.68 bits per heavy atom. The smallest absolute Gasteiger partial charge is 0.420 e. The minimum absolute atomic E-state index is 0.0739. The van der Waals surface area contributed by atoms with E-state index in [1.165, 1.54) is 36.4 Å². The highest BCUT2D eigenvalue weighted by atomic mass is 19.1. The third-order valence-electron chi connectivity index (χ3n) is 3.64. The molecule has 7 heteroatoms. The maximum Gasteiger partial charge on any atom is 0.420 e. The number of ketones is 1. The molecule has 3 rings (SSSR count). The molecule has 0 radical (unpaired) electrons. The summed E-state index contributed by atoms with van der Waals surface area (Å²) in [4.78, 5) is 35.9. The van der Waals surface area contributed by atoms with Gasteiger partial charge in [-0.05, 0) is 37.3 Å². The van der Waals surface area contributed by atoms with Crippen molar-refractivity contribution in [2.45, 2.75) is 13.5 Å². The molecule has 0 aliphatic rings. The maximum absolute atomic E-state index is 13.8. The van der Waals surface area contributed by atoms with Crippen LogP contribution in [0.4, 0.5) is 4.39 Å². The minimum atomic E-state index is -0.737. The van der Waals surface area contributed by atoms with Crippen molar-refractivity contribution >= 4 is 22.9 Å². The lowest BCUT2D eigenvalue weighted by molar-refractivity contribution is -0.143. The zero-order valence-electron chi connectivity index (χ0n) is 13.3. The van der Waals surface area contributed by atoms with Gasteiger partial charge in [0.2, 0.25) is 0 Å². The molecule has 0 aliphatic heterocycles. The van der Waals surface area contributed by atoms with E-state index in [4.69, 9.17) is 9.15 Å². The van der Waals surface area contributed by atoms with Crippen molar-refractivity contribution in [2.75, 3.05) is 6.61 Å². The lowest BCUT2D eigenvalue weighted by Gasteiger charge is -2.04. The number of benzene rings is 2. The fraction of sp³-hybridized carbons (Fsp3) is 0.167. The van der Waals surface area contributed by atoms with Crippen molar-refractivity contribution in [1.82, 2.24) is 4.57 Å². The molecule has 2 aromatic carbocycles. The van der Waals surface area contributed by atoms with Gasteiger partial charge >= 0.3 is 11.7 Å². The Hall–Kier alpha value is -3.22. The van der Waals surface area contributed by atoms with Gasteiger partial charge in [-0.2, -0.15) is 0 Å². The molecule has 1 aromatic heterocycles. The SMILES string of the molecule is CCOC(=O)Cn1c(=O)oc2cc(C(=O)c3ccccc3F)ccc21. The van der Waals surface area contributed by atoms with Crippen LogP contribution in [0.2, 0.25) is 0 Å². The van der Waals surface area contributed by atoms with Gasteiger partial charge in [-0.25, -0.2) is 9.18 Å². The number of fused-ring (bicyclic) bond motifs is 1. The van der Waals surface area contributed by atoms with E-state index in [-0.39, 0.29) is 29.9 Å². The van der Waals surface area contributed by atoms with Crippen LogP contribution in [0.3, 0.4) is 0 Å². The van der Waals surface area contributed by atoms with Crippen LogP contribution in [0, 0.1) is 5.82 Å². The van der Waals surface area contributed by atoms with Crippen LogP contribution in [0.5, 0.6) is 0 Å². The third kappa shape index (κ3) is 3.21. The predicted octanol–water partition coefficient (Wildman–Crippen LogP) is 2.53. The second kappa shape index (κ2) is 6.72. The van der Waals surface area contributed by atoms with E-state index in [1.54, 1.807) is 13.0 Å². The molecule has 0 saturated carbocycles. The van der Waals surface area contributed by atoms with Crippen molar-refractivity contribution in [3.05, 3.63) is 70.0 Å². The summed E-state index contributed by atoms with van der Waals surface area (Å²) in [6.07, 6.45) is 0. The molecule has 0 atom stereocenters. The summed E-state index contributed by atoms with van der Waals surface area (Å²) in [5.74, 6) is -2.47. The van der Waals surface area contributed by atoms with Crippen LogP contribution < -0.4 is 5.76 Å². The molecule has 0 aliphatic carbocycles. The van der Waals surface area contributed by atoms with Crippen molar-refractivity contribution in [2.24, 2.45) is 0 Å². The number of oxazole rings is 1. The molecule has 0 fully saturated rings. The van der Waals surface area contributed by atoms with Gasteiger partial charge in [-0.1, -0.05) is 12.1 Å². The summed E-state index contributed by atoms with van der Waals surface area (Å²) in [5, 5.41) is 0. The van der Waals surface area contributed by atoms with E-state index in [0.29, 0.717) is 5.52 Å². The topological polar surface area (TPSA) is 78.5 Å². The number of ether oxygens (including phenoxy) is 1. The van der Waals surface area contributed by atoms with Crippen LogP contribution in [0.1, 0.15) is 22.8 Å². The number of hydrogen-bond donors (Lipinski definition) is 0. The van der Waals surface area contributed by atoms with Crippen LogP contribution >= 0.6 is 0 Å². The Labute approximate surface area is 141 Å². The zero-order chi connectivity index (χ0) is 18.0. The Morgan fingerprint density at radius 1 is 1.20 bits per heavy atom. The standard InChI is InChI=1S/C18H14FNO5/c1-2-24-16(21)10-20-14-8-7-11(9-15(14)25-18(20)23)17(22)12-5-3-4-6-13(12)19/h3-9H,2,10H2,1H3. The monoisotopic (exact) mass is 343 g/mol. The van der Waals surface area contributed by atoms with Gasteiger partial charge in [0.15, 0.2) is 11.4 Å². The number of carbonyl (C=O) groups is 2. The second-order valence-corrected chi connectivity index (χ2v) is 5.25.